The van der Waals surface area contributed by atoms with Crippen molar-refractivity contribution in [1.82, 2.24) is 0 Å². The fraction of sp³-hybridized carbons (Fsp3) is 0. The highest BCUT2D eigenvalue weighted by molar-refractivity contribution is 6.47. The lowest BCUT2D eigenvalue weighted by atomic mass is 10.1. The summed E-state index contributed by atoms with van der Waals surface area (Å²) in [5.41, 5.74) is 2.04. The van der Waals surface area contributed by atoms with Crippen molar-refractivity contribution in [2.24, 2.45) is 0 Å². The van der Waals surface area contributed by atoms with Gasteiger partial charge in [-0.3, -0.25) is 0 Å². The average molecular weight is 250 g/mol. The van der Waals surface area contributed by atoms with Crippen molar-refractivity contribution in [2.75, 3.05) is 0 Å². The molecule has 0 spiro atoms. The van der Waals surface area contributed by atoms with Gasteiger partial charge in [-0.1, -0.05) is 67.8 Å². The van der Waals surface area contributed by atoms with Gasteiger partial charge in [-0.2, -0.15) is 0 Å². The standard InChI is InChI=1S/C16H14OSi/c1-3-13-9-8-12-16(15(13)4-2)17-18-14-10-6-5-7-11-14/h3-12H,1-2H2. The fourth-order valence-electron chi connectivity index (χ4n) is 1.67. The third-order valence-electron chi connectivity index (χ3n) is 2.58. The number of benzene rings is 2. The minimum Gasteiger partial charge on any atom is -0.535 e. The van der Waals surface area contributed by atoms with Gasteiger partial charge in [-0.15, -0.1) is 0 Å². The van der Waals surface area contributed by atoms with Crippen LogP contribution in [0, 0.1) is 0 Å². The summed E-state index contributed by atoms with van der Waals surface area (Å²) in [6.45, 7) is 7.63. The second-order valence-corrected chi connectivity index (χ2v) is 4.72. The lowest BCUT2D eigenvalue weighted by molar-refractivity contribution is 0.603. The summed E-state index contributed by atoms with van der Waals surface area (Å²) in [5.74, 6) is 0.851. The van der Waals surface area contributed by atoms with Crippen LogP contribution in [0.15, 0.2) is 61.7 Å². The molecule has 0 aromatic heterocycles. The minimum atomic E-state index is 0.297. The van der Waals surface area contributed by atoms with Crippen molar-refractivity contribution in [2.45, 2.75) is 0 Å². The van der Waals surface area contributed by atoms with Gasteiger partial charge in [-0.05, 0) is 16.8 Å². The molecular formula is C16H14OSi. The van der Waals surface area contributed by atoms with E-state index in [0.717, 1.165) is 16.9 Å². The molecule has 2 aromatic carbocycles. The number of hydrogen-bond donors (Lipinski definition) is 0. The maximum atomic E-state index is 5.87. The molecule has 0 unspecified atom stereocenters. The summed E-state index contributed by atoms with van der Waals surface area (Å²) in [4.78, 5) is 0. The maximum Gasteiger partial charge on any atom is 0.351 e. The van der Waals surface area contributed by atoms with Gasteiger partial charge in [0.2, 0.25) is 0 Å². The first-order chi connectivity index (χ1) is 8.85. The van der Waals surface area contributed by atoms with Crippen molar-refractivity contribution >= 4 is 27.1 Å². The van der Waals surface area contributed by atoms with Crippen LogP contribution in [0.1, 0.15) is 11.1 Å². The van der Waals surface area contributed by atoms with E-state index in [1.165, 1.54) is 5.19 Å². The molecule has 2 heteroatoms. The predicted octanol–water partition coefficient (Wildman–Crippen LogP) is 3.30. The lowest BCUT2D eigenvalue weighted by Gasteiger charge is -2.10. The lowest BCUT2D eigenvalue weighted by Crippen LogP contribution is -2.20. The monoisotopic (exact) mass is 250 g/mol. The quantitative estimate of drug-likeness (QED) is 0.740. The van der Waals surface area contributed by atoms with E-state index in [1.807, 2.05) is 48.6 Å². The fourth-order valence-corrected chi connectivity index (χ4v) is 2.40. The Labute approximate surface area is 110 Å². The van der Waals surface area contributed by atoms with E-state index in [9.17, 15) is 0 Å². The van der Waals surface area contributed by atoms with Gasteiger partial charge in [-0.25, -0.2) is 0 Å². The van der Waals surface area contributed by atoms with E-state index in [-0.39, 0.29) is 0 Å². The van der Waals surface area contributed by atoms with Crippen LogP contribution in [0.5, 0.6) is 5.75 Å². The molecule has 0 fully saturated rings. The summed E-state index contributed by atoms with van der Waals surface area (Å²) in [6, 6.07) is 16.1. The molecular weight excluding hydrogens is 236 g/mol. The molecule has 2 aromatic rings. The Morgan fingerprint density at radius 3 is 2.33 bits per heavy atom. The molecule has 2 rings (SSSR count). The van der Waals surface area contributed by atoms with Gasteiger partial charge in [0.15, 0.2) is 0 Å². The van der Waals surface area contributed by atoms with Gasteiger partial charge < -0.3 is 4.43 Å². The molecule has 0 atom stereocenters. The second kappa shape index (κ2) is 6.03. The highest BCUT2D eigenvalue weighted by atomic mass is 28.2. The van der Waals surface area contributed by atoms with Crippen LogP contribution in [0.2, 0.25) is 0 Å². The normalized spacial score (nSPS) is 9.78. The number of hydrogen-bond acceptors (Lipinski definition) is 1. The van der Waals surface area contributed by atoms with Crippen molar-refractivity contribution in [3.63, 3.8) is 0 Å². The van der Waals surface area contributed by atoms with Crippen LogP contribution in [0.3, 0.4) is 0 Å². The molecule has 0 aliphatic heterocycles. The molecule has 0 amide bonds. The highest BCUT2D eigenvalue weighted by Gasteiger charge is 2.05. The Hall–Kier alpha value is -2.06. The molecule has 1 nitrogen and oxygen atoms in total. The van der Waals surface area contributed by atoms with Gasteiger partial charge in [0.1, 0.15) is 5.75 Å². The highest BCUT2D eigenvalue weighted by Crippen LogP contribution is 2.24. The zero-order valence-electron chi connectivity index (χ0n) is 10.1. The van der Waals surface area contributed by atoms with Crippen molar-refractivity contribution in [1.29, 1.82) is 0 Å². The van der Waals surface area contributed by atoms with Gasteiger partial charge >= 0.3 is 9.76 Å². The van der Waals surface area contributed by atoms with E-state index in [4.69, 9.17) is 4.43 Å². The molecule has 0 heterocycles. The van der Waals surface area contributed by atoms with E-state index in [2.05, 4.69) is 25.3 Å². The van der Waals surface area contributed by atoms with Crippen LogP contribution < -0.4 is 9.61 Å². The van der Waals surface area contributed by atoms with Crippen LogP contribution in [-0.2, 0) is 0 Å². The summed E-state index contributed by atoms with van der Waals surface area (Å²) in [7, 11) is 0.297. The molecule has 0 N–H and O–H groups in total. The first kappa shape index (κ1) is 12.4. The molecule has 0 aliphatic rings. The zero-order valence-corrected chi connectivity index (χ0v) is 11.1. The summed E-state index contributed by atoms with van der Waals surface area (Å²) >= 11 is 0. The Morgan fingerprint density at radius 2 is 1.67 bits per heavy atom. The zero-order chi connectivity index (χ0) is 12.8. The van der Waals surface area contributed by atoms with Crippen LogP contribution in [-0.4, -0.2) is 9.76 Å². The van der Waals surface area contributed by atoms with Crippen molar-refractivity contribution in [3.05, 3.63) is 72.8 Å². The third kappa shape index (κ3) is 2.79. The first-order valence-corrected chi connectivity index (χ1v) is 6.62. The smallest absolute Gasteiger partial charge is 0.351 e. The second-order valence-electron chi connectivity index (χ2n) is 3.74. The molecule has 18 heavy (non-hydrogen) atoms. The van der Waals surface area contributed by atoms with Crippen LogP contribution in [0.25, 0.3) is 12.2 Å². The first-order valence-electron chi connectivity index (χ1n) is 5.71. The van der Waals surface area contributed by atoms with Crippen LogP contribution in [0.4, 0.5) is 0 Å². The predicted molar refractivity (Wildman–Crippen MR) is 79.1 cm³/mol. The van der Waals surface area contributed by atoms with E-state index in [1.54, 1.807) is 0 Å². The third-order valence-corrected chi connectivity index (χ3v) is 3.47. The Bertz CT molecular complexity index is 546. The summed E-state index contributed by atoms with van der Waals surface area (Å²) in [6.07, 6.45) is 3.62. The van der Waals surface area contributed by atoms with Crippen LogP contribution >= 0.6 is 0 Å². The summed E-state index contributed by atoms with van der Waals surface area (Å²) < 4.78 is 5.87. The SMILES string of the molecule is C=Cc1cccc(O[Si]c2ccccc2)c1C=C. The minimum absolute atomic E-state index is 0.297. The van der Waals surface area contributed by atoms with Gasteiger partial charge in [0, 0.05) is 5.56 Å². The van der Waals surface area contributed by atoms with E-state index in [0.29, 0.717) is 9.76 Å². The Morgan fingerprint density at radius 1 is 0.889 bits per heavy atom. The topological polar surface area (TPSA) is 9.23 Å². The molecule has 0 aliphatic carbocycles. The Kier molecular flexibility index (Phi) is 4.15. The molecule has 0 saturated carbocycles. The Balaban J connectivity index is 2.19. The maximum absolute atomic E-state index is 5.87. The van der Waals surface area contributed by atoms with Gasteiger partial charge in [0.25, 0.3) is 0 Å². The van der Waals surface area contributed by atoms with E-state index >= 15 is 0 Å². The van der Waals surface area contributed by atoms with Crippen molar-refractivity contribution in [3.8, 4) is 5.75 Å². The molecule has 2 radical (unpaired) electrons. The van der Waals surface area contributed by atoms with E-state index < -0.39 is 0 Å². The molecule has 0 bridgehead atoms. The molecule has 0 saturated heterocycles. The average Bonchev–Trinajstić information content (AvgIpc) is 2.45. The summed E-state index contributed by atoms with van der Waals surface area (Å²) in [5, 5.41) is 1.18. The van der Waals surface area contributed by atoms with Gasteiger partial charge in [0.05, 0.1) is 0 Å². The number of rotatable bonds is 5. The largest absolute Gasteiger partial charge is 0.535 e. The van der Waals surface area contributed by atoms with Crippen molar-refractivity contribution < 1.29 is 4.43 Å². The molecule has 88 valence electrons.